The Morgan fingerprint density at radius 2 is 1.87 bits per heavy atom. The molecular weight excluding hydrogens is 386 g/mol. The minimum Gasteiger partial charge on any atom is -0.358 e. The van der Waals surface area contributed by atoms with Crippen LogP contribution < -0.4 is 0 Å². The Hall–Kier alpha value is -1.91. The van der Waals surface area contributed by atoms with E-state index < -0.39 is 11.4 Å². The van der Waals surface area contributed by atoms with Crippen LogP contribution in [0.15, 0.2) is 35.9 Å². The Bertz CT molecular complexity index is 1140. The summed E-state index contributed by atoms with van der Waals surface area (Å²) < 4.78 is 12.5. The average molecular weight is 420 g/mol. The van der Waals surface area contributed by atoms with Gasteiger partial charge in [-0.1, -0.05) is 32.0 Å². The number of carbonyl (C=O) groups excluding carboxylic acids is 1. The molecule has 5 atom stereocenters. The summed E-state index contributed by atoms with van der Waals surface area (Å²) in [5, 5.41) is 1.38. The number of H-pyrrole nitrogens is 1. The highest BCUT2D eigenvalue weighted by Crippen LogP contribution is 2.69. The summed E-state index contributed by atoms with van der Waals surface area (Å²) >= 11 is 0. The van der Waals surface area contributed by atoms with E-state index in [2.05, 4.69) is 43.1 Å². The monoisotopic (exact) mass is 419 g/mol. The lowest BCUT2D eigenvalue weighted by Gasteiger charge is -2.63. The molecule has 31 heavy (non-hydrogen) atoms. The highest BCUT2D eigenvalue weighted by Gasteiger charge is 2.67. The maximum Gasteiger partial charge on any atom is 0.192 e. The smallest absolute Gasteiger partial charge is 0.192 e. The van der Waals surface area contributed by atoms with Crippen LogP contribution in [0.4, 0.5) is 0 Å². The number of carbonyl (C=O) groups is 1. The lowest BCUT2D eigenvalue weighted by atomic mass is 9.44. The molecule has 164 valence electrons. The molecule has 6 rings (SSSR count). The van der Waals surface area contributed by atoms with Crippen molar-refractivity contribution in [2.45, 2.75) is 76.6 Å². The van der Waals surface area contributed by atoms with Crippen molar-refractivity contribution >= 4 is 16.7 Å². The predicted octanol–water partition coefficient (Wildman–Crippen LogP) is 5.46. The first-order valence-electron chi connectivity index (χ1n) is 11.8. The molecule has 1 N–H and O–H groups in total. The van der Waals surface area contributed by atoms with Gasteiger partial charge in [-0.15, -0.1) is 0 Å². The molecule has 0 bridgehead atoms. The molecule has 4 aliphatic rings. The average Bonchev–Trinajstić information content (AvgIpc) is 3.24. The molecule has 1 aromatic heterocycles. The Balaban J connectivity index is 1.53. The molecule has 1 aliphatic heterocycles. The van der Waals surface area contributed by atoms with E-state index in [0.717, 1.165) is 31.3 Å². The van der Waals surface area contributed by atoms with Crippen LogP contribution in [0.3, 0.4) is 0 Å². The van der Waals surface area contributed by atoms with Gasteiger partial charge in [0.05, 0.1) is 0 Å². The molecular formula is C27H33NO3. The van der Waals surface area contributed by atoms with Gasteiger partial charge >= 0.3 is 0 Å². The fourth-order valence-electron chi connectivity index (χ4n) is 7.83. The Morgan fingerprint density at radius 1 is 1.10 bits per heavy atom. The van der Waals surface area contributed by atoms with Crippen LogP contribution in [0.25, 0.3) is 10.9 Å². The van der Waals surface area contributed by atoms with Crippen LogP contribution in [0.5, 0.6) is 0 Å². The molecule has 2 heterocycles. The SMILES string of the molecule is COC12CCC3(C)C(CCC4Cc5c([nH]c6ccccc56)[C@@]43C)C1=CC(=O)C(C)(C)O2. The molecule has 2 saturated carbocycles. The third-order valence-corrected chi connectivity index (χ3v) is 9.78. The second kappa shape index (κ2) is 5.90. The second-order valence-electron chi connectivity index (χ2n) is 11.2. The number of fused-ring (bicyclic) bond motifs is 9. The van der Waals surface area contributed by atoms with Gasteiger partial charge in [-0.2, -0.15) is 0 Å². The highest BCUT2D eigenvalue weighted by molar-refractivity contribution is 5.98. The summed E-state index contributed by atoms with van der Waals surface area (Å²) in [6.07, 6.45) is 7.11. The zero-order valence-electron chi connectivity index (χ0n) is 19.3. The number of nitrogens with one attached hydrogen (secondary N) is 1. The van der Waals surface area contributed by atoms with E-state index in [1.807, 2.05) is 19.9 Å². The Morgan fingerprint density at radius 3 is 2.65 bits per heavy atom. The summed E-state index contributed by atoms with van der Waals surface area (Å²) in [5.74, 6) is 0.198. The van der Waals surface area contributed by atoms with Gasteiger partial charge in [-0.25, -0.2) is 0 Å². The van der Waals surface area contributed by atoms with Crippen LogP contribution in [-0.2, 0) is 26.1 Å². The number of hydrogen-bond donors (Lipinski definition) is 1. The van der Waals surface area contributed by atoms with Gasteiger partial charge in [0.15, 0.2) is 11.6 Å². The molecule has 0 amide bonds. The van der Waals surface area contributed by atoms with Crippen molar-refractivity contribution in [3.63, 3.8) is 0 Å². The largest absolute Gasteiger partial charge is 0.358 e. The molecule has 4 heteroatoms. The van der Waals surface area contributed by atoms with Gasteiger partial charge < -0.3 is 14.5 Å². The van der Waals surface area contributed by atoms with Gasteiger partial charge in [-0.05, 0) is 80.1 Å². The Kier molecular flexibility index (Phi) is 3.76. The third kappa shape index (κ3) is 2.21. The van der Waals surface area contributed by atoms with E-state index in [4.69, 9.17) is 9.47 Å². The standard InChI is InChI=1S/C27H33NO3/c1-24(2)22(29)15-20-19-11-10-16-14-18-17-8-6-7-9-21(17)28-23(18)26(16,4)25(19,3)12-13-27(20,30-5)31-24/h6-9,15-16,19,28H,10-14H2,1-5H3/t16?,19?,25?,26-,27?/m1/s1. The van der Waals surface area contributed by atoms with Crippen LogP contribution in [-0.4, -0.2) is 29.3 Å². The normalized spacial score (nSPS) is 40.7. The van der Waals surface area contributed by atoms with Crippen molar-refractivity contribution in [1.82, 2.24) is 4.98 Å². The van der Waals surface area contributed by atoms with E-state index in [0.29, 0.717) is 5.92 Å². The molecule has 3 aliphatic carbocycles. The lowest BCUT2D eigenvalue weighted by Crippen LogP contribution is -2.63. The number of hydrogen-bond acceptors (Lipinski definition) is 3. The second-order valence-corrected chi connectivity index (χ2v) is 11.2. The predicted molar refractivity (Wildman–Crippen MR) is 121 cm³/mol. The van der Waals surface area contributed by atoms with Crippen molar-refractivity contribution in [2.24, 2.45) is 17.3 Å². The zero-order valence-corrected chi connectivity index (χ0v) is 19.3. The van der Waals surface area contributed by atoms with Crippen molar-refractivity contribution in [1.29, 1.82) is 0 Å². The molecule has 2 fully saturated rings. The first-order valence-corrected chi connectivity index (χ1v) is 11.8. The number of rotatable bonds is 1. The van der Waals surface area contributed by atoms with E-state index in [9.17, 15) is 4.79 Å². The van der Waals surface area contributed by atoms with Crippen molar-refractivity contribution in [3.05, 3.63) is 47.2 Å². The highest BCUT2D eigenvalue weighted by atomic mass is 16.7. The maximum atomic E-state index is 13.0. The van der Waals surface area contributed by atoms with Crippen LogP contribution in [0.1, 0.15) is 64.6 Å². The van der Waals surface area contributed by atoms with Gasteiger partial charge in [0, 0.05) is 35.5 Å². The minimum absolute atomic E-state index is 0.0427. The summed E-state index contributed by atoms with van der Waals surface area (Å²) in [4.78, 5) is 16.8. The number of aromatic amines is 1. The van der Waals surface area contributed by atoms with Crippen molar-refractivity contribution in [3.8, 4) is 0 Å². The van der Waals surface area contributed by atoms with Gasteiger partial charge in [-0.3, -0.25) is 4.79 Å². The lowest BCUT2D eigenvalue weighted by molar-refractivity contribution is -0.273. The summed E-state index contributed by atoms with van der Waals surface area (Å²) in [6.45, 7) is 8.68. The van der Waals surface area contributed by atoms with Crippen LogP contribution >= 0.6 is 0 Å². The maximum absolute atomic E-state index is 13.0. The van der Waals surface area contributed by atoms with Gasteiger partial charge in [0.25, 0.3) is 0 Å². The minimum atomic E-state index is -0.841. The van der Waals surface area contributed by atoms with Gasteiger partial charge in [0.1, 0.15) is 5.60 Å². The summed E-state index contributed by atoms with van der Waals surface area (Å²) in [6, 6.07) is 8.73. The first kappa shape index (κ1) is 19.8. The summed E-state index contributed by atoms with van der Waals surface area (Å²) in [7, 11) is 1.74. The number of benzene rings is 1. The van der Waals surface area contributed by atoms with Crippen molar-refractivity contribution in [2.75, 3.05) is 7.11 Å². The number of para-hydroxylation sites is 1. The van der Waals surface area contributed by atoms with E-state index >= 15 is 0 Å². The fourth-order valence-corrected chi connectivity index (χ4v) is 7.83. The number of ketones is 1. The number of aromatic nitrogens is 1. The van der Waals surface area contributed by atoms with Crippen LogP contribution in [0.2, 0.25) is 0 Å². The number of ether oxygens (including phenoxy) is 2. The molecule has 1 aromatic carbocycles. The fraction of sp³-hybridized carbons (Fsp3) is 0.593. The molecule has 0 saturated heterocycles. The topological polar surface area (TPSA) is 51.3 Å². The van der Waals surface area contributed by atoms with Crippen LogP contribution in [0, 0.1) is 17.3 Å². The van der Waals surface area contributed by atoms with E-state index in [1.54, 1.807) is 7.11 Å². The quantitative estimate of drug-likeness (QED) is 0.668. The van der Waals surface area contributed by atoms with Gasteiger partial charge in [0.2, 0.25) is 0 Å². The molecule has 4 nitrogen and oxygen atoms in total. The first-order chi connectivity index (χ1) is 14.7. The molecule has 0 radical (unpaired) electrons. The number of methoxy groups -OCH3 is 1. The van der Waals surface area contributed by atoms with E-state index in [1.165, 1.54) is 28.6 Å². The van der Waals surface area contributed by atoms with Crippen molar-refractivity contribution < 1.29 is 14.3 Å². The molecule has 0 spiro atoms. The third-order valence-electron chi connectivity index (χ3n) is 9.78. The molecule has 2 aromatic rings. The van der Waals surface area contributed by atoms with E-state index in [-0.39, 0.29) is 22.5 Å². The zero-order chi connectivity index (χ0) is 21.8. The Labute approximate surface area is 184 Å². The summed E-state index contributed by atoms with van der Waals surface area (Å²) in [5.41, 5.74) is 4.52. The molecule has 4 unspecified atom stereocenters.